The van der Waals surface area contributed by atoms with Gasteiger partial charge in [0.2, 0.25) is 11.8 Å². The molecule has 1 saturated heterocycles. The van der Waals surface area contributed by atoms with Crippen LogP contribution in [0.2, 0.25) is 0 Å². The van der Waals surface area contributed by atoms with Crippen LogP contribution in [-0.4, -0.2) is 39.1 Å². The van der Waals surface area contributed by atoms with Gasteiger partial charge in [-0.1, -0.05) is 6.92 Å². The monoisotopic (exact) mass is 278 g/mol. The summed E-state index contributed by atoms with van der Waals surface area (Å²) in [5, 5.41) is 7.19. The summed E-state index contributed by atoms with van der Waals surface area (Å²) in [6.45, 7) is 7.06. The van der Waals surface area contributed by atoms with Crippen LogP contribution in [0.1, 0.15) is 38.8 Å². The number of rotatable bonds is 4. The number of likely N-dealkylation sites (tertiary alicyclic amines) is 1. The molecule has 0 bridgehead atoms. The largest absolute Gasteiger partial charge is 0.331 e. The standard InChI is InChI=1S/C14H22N4O2/c1-4-7-18-10(2)9-13(16-18)15-14(20)12-6-5-8-17(12)11(3)19/h9,12H,4-8H2,1-3H3,(H,15,16,20)/t12-/m0/s1. The minimum Gasteiger partial charge on any atom is -0.331 e. The van der Waals surface area contributed by atoms with E-state index in [4.69, 9.17) is 0 Å². The van der Waals surface area contributed by atoms with Crippen molar-refractivity contribution in [3.63, 3.8) is 0 Å². The number of anilines is 1. The lowest BCUT2D eigenvalue weighted by Gasteiger charge is -2.21. The second-order valence-electron chi connectivity index (χ2n) is 5.25. The SMILES string of the molecule is CCCn1nc(NC(=O)[C@@H]2CCCN2C(C)=O)cc1C. The van der Waals surface area contributed by atoms with Gasteiger partial charge in [0, 0.05) is 31.8 Å². The highest BCUT2D eigenvalue weighted by Gasteiger charge is 2.32. The van der Waals surface area contributed by atoms with Gasteiger partial charge >= 0.3 is 0 Å². The van der Waals surface area contributed by atoms with Crippen molar-refractivity contribution in [2.45, 2.75) is 52.6 Å². The van der Waals surface area contributed by atoms with Gasteiger partial charge in [0.05, 0.1) is 0 Å². The van der Waals surface area contributed by atoms with Gasteiger partial charge in [0.25, 0.3) is 0 Å². The number of aryl methyl sites for hydroxylation is 2. The zero-order valence-corrected chi connectivity index (χ0v) is 12.3. The van der Waals surface area contributed by atoms with Crippen molar-refractivity contribution in [2.75, 3.05) is 11.9 Å². The third-order valence-electron chi connectivity index (χ3n) is 3.63. The maximum atomic E-state index is 12.3. The number of carbonyl (C=O) groups is 2. The zero-order chi connectivity index (χ0) is 14.7. The molecular formula is C14H22N4O2. The number of nitrogens with zero attached hydrogens (tertiary/aromatic N) is 3. The van der Waals surface area contributed by atoms with Crippen molar-refractivity contribution in [3.8, 4) is 0 Å². The van der Waals surface area contributed by atoms with E-state index in [1.807, 2.05) is 17.7 Å². The lowest BCUT2D eigenvalue weighted by atomic mass is 10.2. The van der Waals surface area contributed by atoms with Gasteiger partial charge in [-0.15, -0.1) is 0 Å². The smallest absolute Gasteiger partial charge is 0.248 e. The fourth-order valence-corrected chi connectivity index (χ4v) is 2.64. The molecule has 0 radical (unpaired) electrons. The molecule has 1 fully saturated rings. The molecule has 2 heterocycles. The average Bonchev–Trinajstić information content (AvgIpc) is 2.97. The summed E-state index contributed by atoms with van der Waals surface area (Å²) in [5.74, 6) is 0.380. The van der Waals surface area contributed by atoms with Gasteiger partial charge in [0.15, 0.2) is 5.82 Å². The van der Waals surface area contributed by atoms with Crippen LogP contribution in [-0.2, 0) is 16.1 Å². The Kier molecular flexibility index (Phi) is 4.42. The summed E-state index contributed by atoms with van der Waals surface area (Å²) in [6, 6.07) is 1.50. The van der Waals surface area contributed by atoms with E-state index in [1.165, 1.54) is 6.92 Å². The number of hydrogen-bond acceptors (Lipinski definition) is 3. The maximum Gasteiger partial charge on any atom is 0.248 e. The number of hydrogen-bond donors (Lipinski definition) is 1. The van der Waals surface area contributed by atoms with Crippen LogP contribution in [0.15, 0.2) is 6.07 Å². The van der Waals surface area contributed by atoms with Crippen LogP contribution < -0.4 is 5.32 Å². The summed E-state index contributed by atoms with van der Waals surface area (Å²) >= 11 is 0. The van der Waals surface area contributed by atoms with E-state index in [9.17, 15) is 9.59 Å². The lowest BCUT2D eigenvalue weighted by molar-refractivity contribution is -0.134. The first-order valence-corrected chi connectivity index (χ1v) is 7.15. The minimum atomic E-state index is -0.357. The highest BCUT2D eigenvalue weighted by molar-refractivity contribution is 5.96. The molecule has 0 aromatic carbocycles. The minimum absolute atomic E-state index is 0.0460. The van der Waals surface area contributed by atoms with Gasteiger partial charge < -0.3 is 10.2 Å². The molecule has 6 heteroatoms. The first kappa shape index (κ1) is 14.6. The van der Waals surface area contributed by atoms with Crippen LogP contribution in [0.25, 0.3) is 0 Å². The Morgan fingerprint density at radius 3 is 2.90 bits per heavy atom. The Hall–Kier alpha value is -1.85. The first-order valence-electron chi connectivity index (χ1n) is 7.15. The van der Waals surface area contributed by atoms with Crippen molar-refractivity contribution < 1.29 is 9.59 Å². The predicted octanol–water partition coefficient (Wildman–Crippen LogP) is 1.55. The Morgan fingerprint density at radius 1 is 1.50 bits per heavy atom. The summed E-state index contributed by atoms with van der Waals surface area (Å²) in [6.07, 6.45) is 2.59. The molecule has 1 aliphatic rings. The van der Waals surface area contributed by atoms with E-state index in [0.717, 1.165) is 31.5 Å². The zero-order valence-electron chi connectivity index (χ0n) is 12.3. The number of carbonyl (C=O) groups excluding carboxylic acids is 2. The van der Waals surface area contributed by atoms with E-state index < -0.39 is 0 Å². The highest BCUT2D eigenvalue weighted by atomic mass is 16.2. The van der Waals surface area contributed by atoms with Crippen LogP contribution in [0.3, 0.4) is 0 Å². The molecule has 1 aromatic heterocycles. The van der Waals surface area contributed by atoms with Crippen molar-refractivity contribution in [1.29, 1.82) is 0 Å². The fraction of sp³-hybridized carbons (Fsp3) is 0.643. The Morgan fingerprint density at radius 2 is 2.25 bits per heavy atom. The molecule has 2 rings (SSSR count). The lowest BCUT2D eigenvalue weighted by Crippen LogP contribution is -2.42. The Bertz CT molecular complexity index is 509. The van der Waals surface area contributed by atoms with Crippen LogP contribution in [0, 0.1) is 6.92 Å². The first-order chi connectivity index (χ1) is 9.52. The van der Waals surface area contributed by atoms with Crippen molar-refractivity contribution in [1.82, 2.24) is 14.7 Å². The second kappa shape index (κ2) is 6.07. The van der Waals surface area contributed by atoms with Gasteiger partial charge in [-0.25, -0.2) is 0 Å². The van der Waals surface area contributed by atoms with Gasteiger partial charge in [-0.05, 0) is 26.2 Å². The molecule has 0 unspecified atom stereocenters. The molecule has 6 nitrogen and oxygen atoms in total. The molecule has 0 spiro atoms. The van der Waals surface area contributed by atoms with Crippen molar-refractivity contribution in [2.24, 2.45) is 0 Å². The predicted molar refractivity (Wildman–Crippen MR) is 76.3 cm³/mol. The summed E-state index contributed by atoms with van der Waals surface area (Å²) in [7, 11) is 0. The normalized spacial score (nSPS) is 18.4. The van der Waals surface area contributed by atoms with E-state index in [2.05, 4.69) is 17.3 Å². The molecule has 20 heavy (non-hydrogen) atoms. The van der Waals surface area contributed by atoms with E-state index in [0.29, 0.717) is 12.4 Å². The van der Waals surface area contributed by atoms with Crippen molar-refractivity contribution in [3.05, 3.63) is 11.8 Å². The topological polar surface area (TPSA) is 67.2 Å². The molecule has 1 N–H and O–H groups in total. The van der Waals surface area contributed by atoms with Gasteiger partial charge in [-0.2, -0.15) is 5.10 Å². The quantitative estimate of drug-likeness (QED) is 0.908. The molecule has 0 saturated carbocycles. The molecule has 1 aromatic rings. The summed E-state index contributed by atoms with van der Waals surface area (Å²) in [5.41, 5.74) is 1.02. The molecule has 1 atom stereocenters. The second-order valence-corrected chi connectivity index (χ2v) is 5.25. The Balaban J connectivity index is 2.04. The number of amides is 2. The fourth-order valence-electron chi connectivity index (χ4n) is 2.64. The summed E-state index contributed by atoms with van der Waals surface area (Å²) in [4.78, 5) is 25.4. The van der Waals surface area contributed by atoms with Gasteiger partial charge in [0.1, 0.15) is 6.04 Å². The molecule has 0 aliphatic carbocycles. The molecular weight excluding hydrogens is 256 g/mol. The molecule has 2 amide bonds. The van der Waals surface area contributed by atoms with Crippen LogP contribution in [0.5, 0.6) is 0 Å². The number of nitrogens with one attached hydrogen (secondary N) is 1. The van der Waals surface area contributed by atoms with E-state index >= 15 is 0 Å². The van der Waals surface area contributed by atoms with Crippen LogP contribution >= 0.6 is 0 Å². The average molecular weight is 278 g/mol. The maximum absolute atomic E-state index is 12.3. The van der Waals surface area contributed by atoms with Gasteiger partial charge in [-0.3, -0.25) is 14.3 Å². The molecule has 1 aliphatic heterocycles. The van der Waals surface area contributed by atoms with E-state index in [1.54, 1.807) is 4.90 Å². The highest BCUT2D eigenvalue weighted by Crippen LogP contribution is 2.19. The van der Waals surface area contributed by atoms with E-state index in [-0.39, 0.29) is 17.9 Å². The molecule has 110 valence electrons. The summed E-state index contributed by atoms with van der Waals surface area (Å²) < 4.78 is 1.88. The third kappa shape index (κ3) is 3.00. The van der Waals surface area contributed by atoms with Crippen molar-refractivity contribution >= 4 is 17.6 Å². The Labute approximate surface area is 119 Å². The third-order valence-corrected chi connectivity index (χ3v) is 3.63. The van der Waals surface area contributed by atoms with Crippen LogP contribution in [0.4, 0.5) is 5.82 Å². The number of aromatic nitrogens is 2.